The molecule has 8 atom stereocenters. The van der Waals surface area contributed by atoms with E-state index < -0.39 is 88.8 Å². The largest absolute Gasteiger partial charge is 0.427 e. The van der Waals surface area contributed by atoms with Crippen LogP contribution in [-0.4, -0.2) is 240 Å². The summed E-state index contributed by atoms with van der Waals surface area (Å²) in [7, 11) is 0. The Bertz CT molecular complexity index is 4240. The lowest BCUT2D eigenvalue weighted by atomic mass is 9.99. The van der Waals surface area contributed by atoms with Crippen molar-refractivity contribution in [3.05, 3.63) is 149 Å². The molecule has 39 heteroatoms. The van der Waals surface area contributed by atoms with Crippen molar-refractivity contribution in [1.29, 1.82) is 0 Å². The third-order valence-electron chi connectivity index (χ3n) is 19.9. The van der Waals surface area contributed by atoms with Crippen LogP contribution >= 0.6 is 0 Å². The first-order chi connectivity index (χ1) is 56.6. The minimum Gasteiger partial charge on any atom is -0.427 e. The summed E-state index contributed by atoms with van der Waals surface area (Å²) < 4.78 is 53.6. The second-order valence-corrected chi connectivity index (χ2v) is 28.6. The number of halogens is 4. The van der Waals surface area contributed by atoms with Gasteiger partial charge in [-0.15, -0.1) is 0 Å². The van der Waals surface area contributed by atoms with E-state index in [-0.39, 0.29) is 104 Å². The summed E-state index contributed by atoms with van der Waals surface area (Å²) in [5.74, 6) is -8.07. The number of benzene rings is 1. The minimum atomic E-state index is -0.801. The maximum absolute atomic E-state index is 13.5. The molecule has 35 nitrogen and oxygen atoms in total. The van der Waals surface area contributed by atoms with Crippen molar-refractivity contribution in [2.45, 2.75) is 187 Å². The number of aromatic nitrogens is 4. The van der Waals surface area contributed by atoms with Crippen molar-refractivity contribution in [2.75, 3.05) is 57.7 Å². The number of anilines is 1. The summed E-state index contributed by atoms with van der Waals surface area (Å²) in [6.07, 6.45) is 17.4. The zero-order valence-electron chi connectivity index (χ0n) is 66.5. The highest BCUT2D eigenvalue weighted by molar-refractivity contribution is 5.97. The number of amides is 12. The van der Waals surface area contributed by atoms with Crippen LogP contribution in [0.15, 0.2) is 119 Å². The van der Waals surface area contributed by atoms with Crippen LogP contribution in [0, 0.1) is 46.9 Å². The number of rotatable bonds is 36. The van der Waals surface area contributed by atoms with Crippen LogP contribution in [0.5, 0.6) is 0 Å². The molecule has 8 heterocycles. The Labute approximate surface area is 678 Å². The molecule has 0 radical (unpaired) electrons. The van der Waals surface area contributed by atoms with E-state index in [0.29, 0.717) is 139 Å². The molecule has 9 rings (SSSR count). The summed E-state index contributed by atoms with van der Waals surface area (Å²) in [4.78, 5) is 174. The highest BCUT2D eigenvalue weighted by Gasteiger charge is 2.42. The molecule has 4 aromatic heterocycles. The Hall–Kier alpha value is -11.6. The van der Waals surface area contributed by atoms with Gasteiger partial charge in [0.1, 0.15) is 59.9 Å². The number of likely N-dealkylation sites (tertiary alicyclic amines) is 4. The molecule has 5 aromatic rings. The van der Waals surface area contributed by atoms with Crippen molar-refractivity contribution in [3.8, 4) is 0 Å². The van der Waals surface area contributed by atoms with Crippen molar-refractivity contribution in [2.24, 2.45) is 38.6 Å². The average Bonchev–Trinajstić information content (AvgIpc) is 1.65. The van der Waals surface area contributed by atoms with E-state index in [9.17, 15) is 106 Å². The fraction of sp³-hybridized carbons (Fsp3) is 0.519. The van der Waals surface area contributed by atoms with Crippen LogP contribution in [0.3, 0.4) is 0 Å². The molecule has 644 valence electrons. The second-order valence-electron chi connectivity index (χ2n) is 28.6. The van der Waals surface area contributed by atoms with Gasteiger partial charge in [-0.25, -0.2) is 42.8 Å². The van der Waals surface area contributed by atoms with E-state index in [2.05, 4.69) is 25.3 Å². The van der Waals surface area contributed by atoms with Gasteiger partial charge in [0.2, 0.25) is 55.2 Å². The SMILES string of the molecule is CCCC[C@H](CN(C=O)OCc1ccccc1)C(=O)N1CCC[C@H]1C(=O)N=c1ccc(F)cn1O.CCCC[C@H](CN(O)C=O)C(=O)N1CCC[C@H]1C(=O)N=c1ccc(F)cn1O.CCCC[C@H](CN(O)C=O)C(=O)N1CCC[C@H]1C(=O)N=c1ccc(F)cn1O.CCCC[C@H](CN(O)C=O)C(=O)N1CCC[C@H]1C(=O)Nc1ccc(F)cn1. The smallest absolute Gasteiger partial charge is 0.270 e. The Morgan fingerprint density at radius 3 is 1.08 bits per heavy atom. The van der Waals surface area contributed by atoms with Crippen LogP contribution in [0.25, 0.3) is 0 Å². The summed E-state index contributed by atoms with van der Waals surface area (Å²) in [6, 6.07) is 15.6. The monoisotopic (exact) mass is 1660 g/mol. The quantitative estimate of drug-likeness (QED) is 0.00754. The standard InChI is InChI=1S/C25H31FN4O5.2C18H25FN4O5.C18H25FN4O4/c1-2-3-10-20(15-28(18-31)35-17-19-8-5-4-6-9-19)25(33)29-14-7-11-22(29)24(32)27-23-13-12-21(26)16-30(23)34;2*1-2-3-5-13(10-21(27)12-24)18(26)22-9-4-6-15(22)17(25)20-16-8-7-14(19)11-23(16)28;1-2-3-5-13(11-22(27)12-24)18(26)23-9-4-6-15(23)17(25)21-16-8-7-14(19)10-20-16/h4-6,8-9,12-13,16,18,20,22,34H,2-3,7,10-11,14-15,17H2,1H3;2*7-8,11-13,15,27-28H,2-6,9-10H2,1H3;7-8,10,12-13,15,27H,2-6,9,11H2,1H3,(H,20,21,25)/t20-,22+;3*13-,15+/m1111/s1. The third-order valence-corrected chi connectivity index (χ3v) is 19.9. The van der Waals surface area contributed by atoms with E-state index >= 15 is 0 Å². The molecule has 0 unspecified atom stereocenters. The first-order valence-electron chi connectivity index (χ1n) is 39.4. The molecule has 0 saturated carbocycles. The van der Waals surface area contributed by atoms with Gasteiger partial charge in [0.15, 0.2) is 16.5 Å². The summed E-state index contributed by atoms with van der Waals surface area (Å²) >= 11 is 0. The fourth-order valence-corrected chi connectivity index (χ4v) is 13.8. The number of pyridine rings is 4. The van der Waals surface area contributed by atoms with Gasteiger partial charge in [-0.2, -0.15) is 29.2 Å². The van der Waals surface area contributed by atoms with Gasteiger partial charge in [-0.1, -0.05) is 109 Å². The molecule has 4 saturated heterocycles. The molecule has 4 aliphatic heterocycles. The lowest BCUT2D eigenvalue weighted by Crippen LogP contribution is -2.47. The molecular formula is C79H106F4N16O19. The topological polar surface area (TPSA) is 438 Å². The number of hydrogen-bond acceptors (Lipinski definition) is 20. The zero-order valence-corrected chi connectivity index (χ0v) is 66.5. The molecule has 4 aliphatic rings. The number of carbonyl (C=O) groups is 12. The van der Waals surface area contributed by atoms with Crippen molar-refractivity contribution < 1.29 is 111 Å². The molecule has 4 fully saturated rings. The third kappa shape index (κ3) is 29.5. The van der Waals surface area contributed by atoms with Crippen LogP contribution in [-0.2, 0) is 69.0 Å². The number of nitrogens with zero attached hydrogens (tertiary/aromatic N) is 15. The molecule has 0 bridgehead atoms. The second kappa shape index (κ2) is 49.5. The minimum absolute atomic E-state index is 0.0678. The van der Waals surface area contributed by atoms with Gasteiger partial charge in [0.05, 0.1) is 74.6 Å². The molecule has 1 aromatic carbocycles. The number of hydrogen-bond donors (Lipinski definition) is 7. The lowest BCUT2D eigenvalue weighted by molar-refractivity contribution is -0.183. The lowest BCUT2D eigenvalue weighted by Gasteiger charge is -2.29. The van der Waals surface area contributed by atoms with Crippen molar-refractivity contribution in [3.63, 3.8) is 0 Å². The summed E-state index contributed by atoms with van der Waals surface area (Å²) in [5.41, 5.74) is 0.482. The highest BCUT2D eigenvalue weighted by Crippen LogP contribution is 2.29. The first-order valence-corrected chi connectivity index (χ1v) is 39.4. The predicted octanol–water partition coefficient (Wildman–Crippen LogP) is 6.36. The number of carbonyl (C=O) groups excluding carboxylic acids is 12. The maximum atomic E-state index is 13.5. The van der Waals surface area contributed by atoms with Crippen molar-refractivity contribution >= 4 is 78.7 Å². The Balaban J connectivity index is 0.000000246. The summed E-state index contributed by atoms with van der Waals surface area (Å²) in [5, 5.41) is 62.6. The van der Waals surface area contributed by atoms with E-state index in [1.165, 1.54) is 37.8 Å². The number of unbranched alkanes of at least 4 members (excludes halogenated alkanes) is 4. The number of nitrogens with one attached hydrogen (secondary N) is 1. The Morgan fingerprint density at radius 1 is 0.458 bits per heavy atom. The summed E-state index contributed by atoms with van der Waals surface area (Å²) in [6.45, 7) is 9.34. The zero-order chi connectivity index (χ0) is 86.4. The van der Waals surface area contributed by atoms with E-state index in [0.717, 1.165) is 117 Å². The predicted molar refractivity (Wildman–Crippen MR) is 408 cm³/mol. The van der Waals surface area contributed by atoms with Crippen LogP contribution in [0.1, 0.15) is 162 Å². The van der Waals surface area contributed by atoms with Crippen LogP contribution in [0.2, 0.25) is 0 Å². The van der Waals surface area contributed by atoms with Gasteiger partial charge in [-0.3, -0.25) is 78.0 Å². The normalized spacial score (nSPS) is 17.6. The first kappa shape index (κ1) is 95.3. The highest BCUT2D eigenvalue weighted by atomic mass is 19.1. The van der Waals surface area contributed by atoms with Gasteiger partial charge in [-0.05, 0) is 131 Å². The molecule has 118 heavy (non-hydrogen) atoms. The van der Waals surface area contributed by atoms with E-state index in [4.69, 9.17) is 4.84 Å². The van der Waals surface area contributed by atoms with Gasteiger partial charge in [0, 0.05) is 26.2 Å². The van der Waals surface area contributed by atoms with E-state index in [1.807, 2.05) is 58.0 Å². The molecule has 0 aliphatic carbocycles. The Morgan fingerprint density at radius 2 is 0.780 bits per heavy atom. The molecular weight excluding hydrogens is 1550 g/mol. The van der Waals surface area contributed by atoms with Gasteiger partial charge in [0.25, 0.3) is 17.7 Å². The molecule has 12 amide bonds. The maximum Gasteiger partial charge on any atom is 0.270 e. The number of hydroxylamine groups is 8. The van der Waals surface area contributed by atoms with Gasteiger partial charge >= 0.3 is 0 Å². The van der Waals surface area contributed by atoms with Crippen LogP contribution < -0.4 is 21.8 Å². The van der Waals surface area contributed by atoms with Crippen LogP contribution in [0.4, 0.5) is 23.4 Å². The fourth-order valence-electron chi connectivity index (χ4n) is 13.8. The Kier molecular flexibility index (Phi) is 39.9. The molecule has 7 N–H and O–H groups in total. The van der Waals surface area contributed by atoms with Gasteiger partial charge < -0.3 is 40.5 Å². The average molecular weight is 1660 g/mol. The van der Waals surface area contributed by atoms with E-state index in [1.54, 1.807) is 0 Å². The molecule has 0 spiro atoms. The van der Waals surface area contributed by atoms with Crippen molar-refractivity contribution in [1.82, 2.24) is 59.0 Å².